The molecule has 0 spiro atoms. The quantitative estimate of drug-likeness (QED) is 0.424. The van der Waals surface area contributed by atoms with Crippen LogP contribution < -0.4 is 5.56 Å². The van der Waals surface area contributed by atoms with Crippen molar-refractivity contribution >= 4 is 21.6 Å². The largest absolute Gasteiger partial charge is 0.394 e. The van der Waals surface area contributed by atoms with Crippen molar-refractivity contribution in [1.82, 2.24) is 9.55 Å². The number of aromatic nitrogens is 2. The number of hydrogen-bond acceptors (Lipinski definition) is 4. The third-order valence-corrected chi connectivity index (χ3v) is 6.46. The van der Waals surface area contributed by atoms with Crippen LogP contribution in [0.3, 0.4) is 0 Å². The SMILES string of the molecule is Cc1cc(C2=NCc3ccc(-c4ccn([C@H](CO)c5cccc(Br)c5)c(=O)c4)cc32)ccn1. The van der Waals surface area contributed by atoms with Gasteiger partial charge in [-0.2, -0.15) is 0 Å². The predicted octanol–water partition coefficient (Wildman–Crippen LogP) is 4.91. The van der Waals surface area contributed by atoms with Gasteiger partial charge in [-0.05, 0) is 65.6 Å². The molecule has 1 N–H and O–H groups in total. The van der Waals surface area contributed by atoms with E-state index in [1.807, 2.05) is 55.5 Å². The second-order valence-electron chi connectivity index (χ2n) is 8.14. The number of rotatable bonds is 5. The first-order valence-corrected chi connectivity index (χ1v) is 11.5. The highest BCUT2D eigenvalue weighted by Crippen LogP contribution is 2.29. The summed E-state index contributed by atoms with van der Waals surface area (Å²) in [6, 6.07) is 21.0. The van der Waals surface area contributed by atoms with Crippen LogP contribution in [0.1, 0.15) is 34.0 Å². The smallest absolute Gasteiger partial charge is 0.251 e. The average molecular weight is 500 g/mol. The molecule has 0 amide bonds. The maximum Gasteiger partial charge on any atom is 0.251 e. The van der Waals surface area contributed by atoms with Crippen LogP contribution in [0.5, 0.6) is 0 Å². The maximum atomic E-state index is 13.0. The van der Waals surface area contributed by atoms with Crippen LogP contribution in [0.15, 0.2) is 93.4 Å². The van der Waals surface area contributed by atoms with Gasteiger partial charge >= 0.3 is 0 Å². The summed E-state index contributed by atoms with van der Waals surface area (Å²) in [4.78, 5) is 22.1. The van der Waals surface area contributed by atoms with E-state index < -0.39 is 6.04 Å². The minimum atomic E-state index is -0.447. The molecule has 0 saturated heterocycles. The molecule has 1 atom stereocenters. The molecule has 1 aliphatic heterocycles. The number of hydrogen-bond donors (Lipinski definition) is 1. The fourth-order valence-electron chi connectivity index (χ4n) is 4.30. The molecule has 0 aliphatic carbocycles. The van der Waals surface area contributed by atoms with E-state index in [0.717, 1.165) is 43.7 Å². The summed E-state index contributed by atoms with van der Waals surface area (Å²) in [6.45, 7) is 2.46. The molecule has 0 saturated carbocycles. The molecule has 4 aromatic rings. The Morgan fingerprint density at radius 1 is 1.03 bits per heavy atom. The zero-order chi connectivity index (χ0) is 22.9. The normalized spacial score (nSPS) is 13.5. The summed E-state index contributed by atoms with van der Waals surface area (Å²) < 4.78 is 2.48. The van der Waals surface area contributed by atoms with Crippen molar-refractivity contribution in [3.63, 3.8) is 0 Å². The Morgan fingerprint density at radius 2 is 1.88 bits per heavy atom. The number of fused-ring (bicyclic) bond motifs is 1. The Kier molecular flexibility index (Phi) is 5.79. The number of aliphatic imine (C=N–C) groups is 1. The van der Waals surface area contributed by atoms with E-state index in [1.165, 1.54) is 5.56 Å². The Labute approximate surface area is 200 Å². The van der Waals surface area contributed by atoms with E-state index >= 15 is 0 Å². The second-order valence-corrected chi connectivity index (χ2v) is 9.05. The molecule has 0 unspecified atom stereocenters. The van der Waals surface area contributed by atoms with Gasteiger partial charge in [0.15, 0.2) is 0 Å². The summed E-state index contributed by atoms with van der Waals surface area (Å²) in [5.74, 6) is 0. The molecule has 2 aromatic carbocycles. The van der Waals surface area contributed by atoms with Gasteiger partial charge < -0.3 is 9.67 Å². The highest BCUT2D eigenvalue weighted by atomic mass is 79.9. The van der Waals surface area contributed by atoms with Gasteiger partial charge in [-0.25, -0.2) is 0 Å². The third kappa shape index (κ3) is 4.19. The summed E-state index contributed by atoms with van der Waals surface area (Å²) in [5.41, 5.74) is 7.72. The third-order valence-electron chi connectivity index (χ3n) is 5.97. The lowest BCUT2D eigenvalue weighted by Crippen LogP contribution is -2.26. The van der Waals surface area contributed by atoms with Crippen molar-refractivity contribution in [2.24, 2.45) is 4.99 Å². The van der Waals surface area contributed by atoms with Crippen LogP contribution in [-0.2, 0) is 6.54 Å². The monoisotopic (exact) mass is 499 g/mol. The Bertz CT molecular complexity index is 1440. The Balaban J connectivity index is 1.50. The number of halogens is 1. The van der Waals surface area contributed by atoms with Crippen molar-refractivity contribution in [2.45, 2.75) is 19.5 Å². The van der Waals surface area contributed by atoms with E-state index in [1.54, 1.807) is 23.0 Å². The first-order chi connectivity index (χ1) is 16.0. The van der Waals surface area contributed by atoms with Crippen LogP contribution in [0, 0.1) is 6.92 Å². The molecule has 0 bridgehead atoms. The summed E-state index contributed by atoms with van der Waals surface area (Å²) >= 11 is 3.46. The number of aliphatic hydroxyl groups excluding tert-OH is 1. The van der Waals surface area contributed by atoms with E-state index in [9.17, 15) is 9.90 Å². The fraction of sp³-hybridized carbons (Fsp3) is 0.148. The average Bonchev–Trinajstić information content (AvgIpc) is 3.24. The molecule has 3 heterocycles. The topological polar surface area (TPSA) is 67.5 Å². The number of nitrogens with zero attached hydrogens (tertiary/aromatic N) is 3. The van der Waals surface area contributed by atoms with Crippen molar-refractivity contribution in [2.75, 3.05) is 6.61 Å². The standard InChI is InChI=1S/C27H22BrN3O2/c1-17-11-21(7-9-29-17)27-24-13-18(5-6-22(24)15-30-27)19-8-10-31(26(33)14-19)25(16-32)20-3-2-4-23(28)12-20/h2-14,25,32H,15-16H2,1H3/t25-/m1/s1. The molecule has 0 fully saturated rings. The number of aryl methyl sites for hydroxylation is 1. The summed E-state index contributed by atoms with van der Waals surface area (Å²) in [7, 11) is 0. The second kappa shape index (κ2) is 8.89. The Hall–Kier alpha value is -3.35. The van der Waals surface area contributed by atoms with Gasteiger partial charge in [-0.15, -0.1) is 0 Å². The molecule has 2 aromatic heterocycles. The van der Waals surface area contributed by atoms with Crippen LogP contribution in [-0.4, -0.2) is 27.0 Å². The molecule has 1 aliphatic rings. The van der Waals surface area contributed by atoms with Crippen molar-refractivity contribution in [1.29, 1.82) is 0 Å². The van der Waals surface area contributed by atoms with E-state index in [2.05, 4.69) is 33.0 Å². The van der Waals surface area contributed by atoms with Gasteiger partial charge in [0.25, 0.3) is 5.56 Å². The van der Waals surface area contributed by atoms with Gasteiger partial charge in [0, 0.05) is 39.8 Å². The van der Waals surface area contributed by atoms with Gasteiger partial charge in [0.1, 0.15) is 0 Å². The zero-order valence-electron chi connectivity index (χ0n) is 18.1. The lowest BCUT2D eigenvalue weighted by molar-refractivity contribution is 0.247. The number of aliphatic hydroxyl groups is 1. The van der Waals surface area contributed by atoms with Crippen LogP contribution in [0.25, 0.3) is 11.1 Å². The lowest BCUT2D eigenvalue weighted by Gasteiger charge is -2.19. The van der Waals surface area contributed by atoms with Gasteiger partial charge in [-0.3, -0.25) is 14.8 Å². The molecule has 0 radical (unpaired) electrons. The zero-order valence-corrected chi connectivity index (χ0v) is 19.7. The maximum absolute atomic E-state index is 13.0. The molecule has 5 nitrogen and oxygen atoms in total. The molecule has 33 heavy (non-hydrogen) atoms. The van der Waals surface area contributed by atoms with Gasteiger partial charge in [0.2, 0.25) is 0 Å². The highest BCUT2D eigenvalue weighted by molar-refractivity contribution is 9.10. The van der Waals surface area contributed by atoms with Crippen molar-refractivity contribution < 1.29 is 5.11 Å². The van der Waals surface area contributed by atoms with Crippen molar-refractivity contribution in [3.8, 4) is 11.1 Å². The molecular formula is C27H22BrN3O2. The first-order valence-electron chi connectivity index (χ1n) is 10.7. The summed E-state index contributed by atoms with van der Waals surface area (Å²) in [5, 5.41) is 10.0. The molecular weight excluding hydrogens is 478 g/mol. The summed E-state index contributed by atoms with van der Waals surface area (Å²) in [6.07, 6.45) is 3.56. The van der Waals surface area contributed by atoms with Crippen LogP contribution in [0.4, 0.5) is 0 Å². The molecule has 164 valence electrons. The van der Waals surface area contributed by atoms with Crippen molar-refractivity contribution in [3.05, 3.63) is 122 Å². The van der Waals surface area contributed by atoms with E-state index in [4.69, 9.17) is 4.99 Å². The van der Waals surface area contributed by atoms with E-state index in [0.29, 0.717) is 6.54 Å². The molecule has 6 heteroatoms. The fourth-order valence-corrected chi connectivity index (χ4v) is 4.71. The highest BCUT2D eigenvalue weighted by Gasteiger charge is 2.19. The van der Waals surface area contributed by atoms with Gasteiger partial charge in [-0.1, -0.05) is 40.2 Å². The number of benzene rings is 2. The van der Waals surface area contributed by atoms with Crippen LogP contribution >= 0.6 is 15.9 Å². The van der Waals surface area contributed by atoms with Crippen LogP contribution in [0.2, 0.25) is 0 Å². The van der Waals surface area contributed by atoms with Gasteiger partial charge in [0.05, 0.1) is 24.9 Å². The predicted molar refractivity (Wildman–Crippen MR) is 134 cm³/mol. The lowest BCUT2D eigenvalue weighted by atomic mass is 9.95. The minimum absolute atomic E-state index is 0.161. The van der Waals surface area contributed by atoms with E-state index in [-0.39, 0.29) is 12.2 Å². The minimum Gasteiger partial charge on any atom is -0.394 e. The Morgan fingerprint density at radius 3 is 2.64 bits per heavy atom. The number of pyridine rings is 2. The molecule has 5 rings (SSSR count). The first kappa shape index (κ1) is 21.5.